The Morgan fingerprint density at radius 1 is 1.41 bits per heavy atom. The van der Waals surface area contributed by atoms with Gasteiger partial charge in [-0.15, -0.1) is 0 Å². The lowest BCUT2D eigenvalue weighted by Crippen LogP contribution is -2.29. The summed E-state index contributed by atoms with van der Waals surface area (Å²) in [4.78, 5) is 35.3. The number of alkyl halides is 1. The van der Waals surface area contributed by atoms with E-state index in [0.29, 0.717) is 21.2 Å². The number of benzene rings is 1. The van der Waals surface area contributed by atoms with Gasteiger partial charge in [0.15, 0.2) is 0 Å². The van der Waals surface area contributed by atoms with Crippen molar-refractivity contribution in [2.24, 2.45) is 0 Å². The van der Waals surface area contributed by atoms with Crippen LogP contribution in [-0.4, -0.2) is 33.9 Å². The molecular formula is C14H13ClN2O5. The molecule has 1 unspecified atom stereocenters. The summed E-state index contributed by atoms with van der Waals surface area (Å²) in [5.41, 5.74) is -0.998. The van der Waals surface area contributed by atoms with Crippen LogP contribution in [0.2, 0.25) is 0 Å². The molecule has 2 aromatic rings. The van der Waals surface area contributed by atoms with Crippen LogP contribution in [0, 0.1) is 13.8 Å². The van der Waals surface area contributed by atoms with Gasteiger partial charge in [0.1, 0.15) is 0 Å². The predicted molar refractivity (Wildman–Crippen MR) is 79.3 cm³/mol. The van der Waals surface area contributed by atoms with E-state index < -0.39 is 23.0 Å². The average molecular weight is 325 g/mol. The number of hydrogen-bond donors (Lipinski definition) is 1. The van der Waals surface area contributed by atoms with E-state index in [2.05, 4.69) is 5.10 Å². The molecule has 1 N–H and O–H groups in total. The highest BCUT2D eigenvalue weighted by atomic mass is 35.5. The minimum atomic E-state index is -1.63. The molecule has 0 bridgehead atoms. The van der Waals surface area contributed by atoms with Gasteiger partial charge in [-0.05, 0) is 31.0 Å². The van der Waals surface area contributed by atoms with Crippen LogP contribution in [0.25, 0.3) is 10.8 Å². The lowest BCUT2D eigenvalue weighted by Gasteiger charge is -2.13. The molecular weight excluding hydrogens is 312 g/mol. The number of hydrogen-bond acceptors (Lipinski definition) is 5. The summed E-state index contributed by atoms with van der Waals surface area (Å²) in [5.74, 6) is -1.96. The molecule has 0 aliphatic carbocycles. The number of carboxylic acids is 1. The zero-order valence-electron chi connectivity index (χ0n) is 12.1. The zero-order chi connectivity index (χ0) is 16.6. The third-order valence-corrected chi connectivity index (χ3v) is 3.73. The Morgan fingerprint density at radius 3 is 2.59 bits per heavy atom. The molecule has 1 atom stereocenters. The van der Waals surface area contributed by atoms with Crippen molar-refractivity contribution in [3.05, 3.63) is 39.3 Å². The number of carboxylic acid groups (broad SMARTS) is 1. The molecule has 116 valence electrons. The second-order valence-corrected chi connectivity index (χ2v) is 5.13. The lowest BCUT2D eigenvalue weighted by atomic mass is 9.97. The summed E-state index contributed by atoms with van der Waals surface area (Å²) in [7, 11) is 1.25. The molecule has 0 spiro atoms. The number of nitrogens with zero attached hydrogens (tertiary/aromatic N) is 2. The Bertz CT molecular complexity index is 843. The third-order valence-electron chi connectivity index (χ3n) is 3.36. The van der Waals surface area contributed by atoms with Crippen LogP contribution in [0.4, 0.5) is 0 Å². The fourth-order valence-corrected chi connectivity index (χ4v) is 2.51. The molecule has 0 aliphatic rings. The fourth-order valence-electron chi connectivity index (χ4n) is 2.37. The minimum absolute atomic E-state index is 0.188. The van der Waals surface area contributed by atoms with Gasteiger partial charge in [-0.2, -0.15) is 9.78 Å². The van der Waals surface area contributed by atoms with Crippen molar-refractivity contribution in [3.8, 4) is 0 Å². The monoisotopic (exact) mass is 324 g/mol. The largest absolute Gasteiger partial charge is 0.479 e. The first-order valence-corrected chi connectivity index (χ1v) is 6.70. The summed E-state index contributed by atoms with van der Waals surface area (Å²) in [6, 6.07) is 1.62. The SMILES string of the molecule is COC(=O)c1c(C)cc2cnn(C(Cl)C(=O)O)c(=O)c2c1C. The molecule has 7 nitrogen and oxygen atoms in total. The van der Waals surface area contributed by atoms with Crippen molar-refractivity contribution in [1.29, 1.82) is 0 Å². The second-order valence-electron chi connectivity index (χ2n) is 4.72. The molecule has 1 heterocycles. The number of ether oxygens (including phenoxy) is 1. The number of halogens is 1. The first kappa shape index (κ1) is 16.0. The first-order valence-electron chi connectivity index (χ1n) is 6.26. The maximum absolute atomic E-state index is 12.5. The first-order chi connectivity index (χ1) is 10.3. The average Bonchev–Trinajstić information content (AvgIpc) is 2.46. The molecule has 0 aliphatic heterocycles. The fraction of sp³-hybridized carbons (Fsp3) is 0.286. The Morgan fingerprint density at radius 2 is 2.05 bits per heavy atom. The molecule has 2 rings (SSSR count). The number of carbonyl (C=O) groups is 2. The minimum Gasteiger partial charge on any atom is -0.479 e. The van der Waals surface area contributed by atoms with Crippen LogP contribution in [0.1, 0.15) is 27.0 Å². The van der Waals surface area contributed by atoms with Crippen LogP contribution in [0.3, 0.4) is 0 Å². The van der Waals surface area contributed by atoms with Gasteiger partial charge in [0.25, 0.3) is 5.56 Å². The van der Waals surface area contributed by atoms with E-state index in [-0.39, 0.29) is 10.9 Å². The van der Waals surface area contributed by atoms with E-state index >= 15 is 0 Å². The number of rotatable bonds is 3. The van der Waals surface area contributed by atoms with E-state index in [9.17, 15) is 14.4 Å². The quantitative estimate of drug-likeness (QED) is 0.680. The number of methoxy groups -OCH3 is 1. The standard InChI is InChI=1S/C14H13ClN2O5/c1-6-4-8-5-16-17(11(15)13(19)20)12(18)10(8)7(2)9(6)14(21)22-3/h4-5,11H,1-3H3,(H,19,20). The molecule has 0 saturated heterocycles. The van der Waals surface area contributed by atoms with Crippen LogP contribution in [-0.2, 0) is 9.53 Å². The third kappa shape index (κ3) is 2.43. The number of carbonyl (C=O) groups excluding carboxylic acids is 1. The summed E-state index contributed by atoms with van der Waals surface area (Å²) in [5, 5.41) is 13.4. The van der Waals surface area contributed by atoms with Crippen molar-refractivity contribution >= 4 is 34.3 Å². The molecule has 0 fully saturated rings. The van der Waals surface area contributed by atoms with Gasteiger partial charge in [-0.1, -0.05) is 11.6 Å². The van der Waals surface area contributed by atoms with Gasteiger partial charge in [-0.25, -0.2) is 9.59 Å². The Labute approximate surface area is 130 Å². The normalized spacial score (nSPS) is 12.2. The number of fused-ring (bicyclic) bond motifs is 1. The number of esters is 1. The highest BCUT2D eigenvalue weighted by molar-refractivity contribution is 6.27. The van der Waals surface area contributed by atoms with Crippen LogP contribution >= 0.6 is 11.6 Å². The van der Waals surface area contributed by atoms with Gasteiger partial charge in [0.05, 0.1) is 24.3 Å². The summed E-state index contributed by atoms with van der Waals surface area (Å²) < 4.78 is 5.38. The van der Waals surface area contributed by atoms with E-state index in [1.807, 2.05) is 0 Å². The van der Waals surface area contributed by atoms with E-state index in [1.165, 1.54) is 13.3 Å². The van der Waals surface area contributed by atoms with Crippen molar-refractivity contribution in [2.45, 2.75) is 19.3 Å². The molecule has 8 heteroatoms. The Balaban J connectivity index is 2.87. The molecule has 22 heavy (non-hydrogen) atoms. The van der Waals surface area contributed by atoms with Gasteiger partial charge in [0, 0.05) is 5.39 Å². The van der Waals surface area contributed by atoms with Crippen molar-refractivity contribution in [1.82, 2.24) is 9.78 Å². The summed E-state index contributed by atoms with van der Waals surface area (Å²) >= 11 is 5.67. The smallest absolute Gasteiger partial charge is 0.344 e. The van der Waals surface area contributed by atoms with Gasteiger partial charge < -0.3 is 9.84 Å². The molecule has 1 aromatic heterocycles. The highest BCUT2D eigenvalue weighted by Crippen LogP contribution is 2.23. The van der Waals surface area contributed by atoms with Crippen molar-refractivity contribution in [3.63, 3.8) is 0 Å². The van der Waals surface area contributed by atoms with Gasteiger partial charge in [0.2, 0.25) is 5.50 Å². The van der Waals surface area contributed by atoms with Gasteiger partial charge in [-0.3, -0.25) is 4.79 Å². The number of aromatic nitrogens is 2. The molecule has 0 radical (unpaired) electrons. The van der Waals surface area contributed by atoms with E-state index in [1.54, 1.807) is 19.9 Å². The maximum atomic E-state index is 12.5. The predicted octanol–water partition coefficient (Wildman–Crippen LogP) is 1.62. The maximum Gasteiger partial charge on any atom is 0.344 e. The van der Waals surface area contributed by atoms with E-state index in [4.69, 9.17) is 21.4 Å². The zero-order valence-corrected chi connectivity index (χ0v) is 12.8. The Hall–Kier alpha value is -2.41. The number of aliphatic carboxylic acids is 1. The van der Waals surface area contributed by atoms with Crippen molar-refractivity contribution < 1.29 is 19.4 Å². The second kappa shape index (κ2) is 5.76. The summed E-state index contributed by atoms with van der Waals surface area (Å²) in [6.07, 6.45) is 1.34. The molecule has 0 amide bonds. The lowest BCUT2D eigenvalue weighted by molar-refractivity contribution is -0.138. The van der Waals surface area contributed by atoms with Crippen LogP contribution in [0.5, 0.6) is 0 Å². The molecule has 1 aromatic carbocycles. The van der Waals surface area contributed by atoms with Crippen molar-refractivity contribution in [2.75, 3.05) is 7.11 Å². The number of aryl methyl sites for hydroxylation is 2. The van der Waals surface area contributed by atoms with E-state index in [0.717, 1.165) is 0 Å². The Kier molecular flexibility index (Phi) is 4.18. The summed E-state index contributed by atoms with van der Waals surface area (Å²) in [6.45, 7) is 3.31. The molecule has 0 saturated carbocycles. The van der Waals surface area contributed by atoms with Gasteiger partial charge >= 0.3 is 11.9 Å². The highest BCUT2D eigenvalue weighted by Gasteiger charge is 2.23. The topological polar surface area (TPSA) is 98.5 Å². The van der Waals surface area contributed by atoms with Crippen LogP contribution < -0.4 is 5.56 Å². The van der Waals surface area contributed by atoms with Crippen LogP contribution in [0.15, 0.2) is 17.1 Å².